The molecule has 3 aromatic rings. The van der Waals surface area contributed by atoms with Crippen LogP contribution >= 0.6 is 0 Å². The summed E-state index contributed by atoms with van der Waals surface area (Å²) in [6, 6.07) is 18.2. The molecule has 28 heavy (non-hydrogen) atoms. The van der Waals surface area contributed by atoms with E-state index >= 15 is 0 Å². The molecular formula is C23H25NO4. The Labute approximate surface area is 164 Å². The van der Waals surface area contributed by atoms with Gasteiger partial charge in [0.1, 0.15) is 24.5 Å². The van der Waals surface area contributed by atoms with Crippen LogP contribution in [0.5, 0.6) is 5.75 Å². The van der Waals surface area contributed by atoms with Gasteiger partial charge < -0.3 is 14.9 Å². The van der Waals surface area contributed by atoms with E-state index in [2.05, 4.69) is 5.32 Å². The highest BCUT2D eigenvalue weighted by Gasteiger charge is 2.22. The number of carboxylic acids is 1. The van der Waals surface area contributed by atoms with Gasteiger partial charge in [0.05, 0.1) is 0 Å². The Hall–Kier alpha value is -2.89. The number of benzene rings is 3. The fourth-order valence-corrected chi connectivity index (χ4v) is 3.35. The lowest BCUT2D eigenvalue weighted by atomic mass is 9.98. The summed E-state index contributed by atoms with van der Waals surface area (Å²) in [5, 5.41) is 24.8. The van der Waals surface area contributed by atoms with Gasteiger partial charge in [-0.05, 0) is 41.3 Å². The molecule has 0 radical (unpaired) electrons. The smallest absolute Gasteiger partial charge is 0.325 e. The minimum atomic E-state index is -0.987. The fraction of sp³-hybridized carbons (Fsp3) is 0.261. The number of aryl methyl sites for hydroxylation is 2. The van der Waals surface area contributed by atoms with E-state index in [1.165, 1.54) is 0 Å². The largest absolute Gasteiger partial charge is 0.490 e. The molecule has 5 heteroatoms. The molecule has 3 aromatic carbocycles. The molecule has 0 saturated carbocycles. The highest BCUT2D eigenvalue weighted by molar-refractivity contribution is 5.90. The van der Waals surface area contributed by atoms with E-state index in [9.17, 15) is 15.0 Å². The van der Waals surface area contributed by atoms with Crippen LogP contribution in [-0.4, -0.2) is 35.4 Å². The van der Waals surface area contributed by atoms with Crippen LogP contribution in [-0.2, 0) is 4.79 Å². The normalized spacial score (nSPS) is 13.2. The summed E-state index contributed by atoms with van der Waals surface area (Å²) in [6.07, 6.45) is -0.837. The minimum absolute atomic E-state index is 0.0839. The minimum Gasteiger partial charge on any atom is -0.490 e. The standard InChI is InChI=1S/C23H25NO4/c1-15-7-5-8-16(2)22(15)28-14-18(25)13-24-21(23(26)27)20-12-6-10-17-9-3-4-11-19(17)20/h3-12,18,21,24-25H,13-14H2,1-2H3,(H,26,27). The maximum atomic E-state index is 11.8. The second-order valence-electron chi connectivity index (χ2n) is 6.93. The van der Waals surface area contributed by atoms with Crippen LogP contribution in [0.2, 0.25) is 0 Å². The molecule has 0 aliphatic heterocycles. The lowest BCUT2D eigenvalue weighted by Gasteiger charge is -2.20. The van der Waals surface area contributed by atoms with Crippen molar-refractivity contribution in [1.82, 2.24) is 5.32 Å². The number of aliphatic carboxylic acids is 1. The third-order valence-corrected chi connectivity index (χ3v) is 4.77. The average Bonchev–Trinajstić information content (AvgIpc) is 2.67. The summed E-state index contributed by atoms with van der Waals surface area (Å²) < 4.78 is 5.76. The number of hydrogen-bond donors (Lipinski definition) is 3. The maximum absolute atomic E-state index is 11.8. The number of ether oxygens (including phenoxy) is 1. The molecule has 5 nitrogen and oxygen atoms in total. The molecule has 0 saturated heterocycles. The predicted molar refractivity (Wildman–Crippen MR) is 110 cm³/mol. The van der Waals surface area contributed by atoms with Crippen LogP contribution < -0.4 is 10.1 Å². The average molecular weight is 379 g/mol. The number of carbonyl (C=O) groups is 1. The highest BCUT2D eigenvalue weighted by atomic mass is 16.5. The number of fused-ring (bicyclic) bond motifs is 1. The first kappa shape index (κ1) is 19.9. The third-order valence-electron chi connectivity index (χ3n) is 4.77. The molecule has 0 bridgehead atoms. The summed E-state index contributed by atoms with van der Waals surface area (Å²) in [4.78, 5) is 11.8. The van der Waals surface area contributed by atoms with Gasteiger partial charge >= 0.3 is 5.97 Å². The van der Waals surface area contributed by atoms with Crippen LogP contribution in [0, 0.1) is 13.8 Å². The van der Waals surface area contributed by atoms with E-state index in [0.717, 1.165) is 27.6 Å². The van der Waals surface area contributed by atoms with E-state index in [1.807, 2.05) is 68.4 Å². The van der Waals surface area contributed by atoms with Gasteiger partial charge in [0, 0.05) is 6.54 Å². The van der Waals surface area contributed by atoms with Gasteiger partial charge in [0.15, 0.2) is 0 Å². The van der Waals surface area contributed by atoms with Gasteiger partial charge in [-0.1, -0.05) is 60.7 Å². The Morgan fingerprint density at radius 2 is 1.64 bits per heavy atom. The molecule has 2 unspecified atom stereocenters. The zero-order valence-corrected chi connectivity index (χ0v) is 16.1. The van der Waals surface area contributed by atoms with Crippen molar-refractivity contribution in [2.45, 2.75) is 26.0 Å². The van der Waals surface area contributed by atoms with Crippen LogP contribution in [0.4, 0.5) is 0 Å². The Morgan fingerprint density at radius 1 is 1.00 bits per heavy atom. The molecule has 146 valence electrons. The molecule has 0 aliphatic rings. The van der Waals surface area contributed by atoms with Crippen molar-refractivity contribution in [1.29, 1.82) is 0 Å². The lowest BCUT2D eigenvalue weighted by Crippen LogP contribution is -2.37. The quantitative estimate of drug-likeness (QED) is 0.557. The van der Waals surface area contributed by atoms with Gasteiger partial charge in [0.2, 0.25) is 0 Å². The van der Waals surface area contributed by atoms with Crippen LogP contribution in [0.3, 0.4) is 0 Å². The number of aliphatic hydroxyl groups excluding tert-OH is 1. The van der Waals surface area contributed by atoms with Crippen molar-refractivity contribution in [3.05, 3.63) is 77.4 Å². The van der Waals surface area contributed by atoms with E-state index in [0.29, 0.717) is 5.56 Å². The molecule has 0 spiro atoms. The van der Waals surface area contributed by atoms with Crippen molar-refractivity contribution in [2.75, 3.05) is 13.2 Å². The van der Waals surface area contributed by atoms with E-state index in [1.54, 1.807) is 6.07 Å². The fourth-order valence-electron chi connectivity index (χ4n) is 3.35. The van der Waals surface area contributed by atoms with Gasteiger partial charge in [-0.15, -0.1) is 0 Å². The first-order valence-electron chi connectivity index (χ1n) is 9.28. The number of nitrogens with one attached hydrogen (secondary N) is 1. The summed E-state index contributed by atoms with van der Waals surface area (Å²) in [6.45, 7) is 4.09. The molecule has 2 atom stereocenters. The second kappa shape index (κ2) is 8.87. The Balaban J connectivity index is 1.67. The molecule has 0 heterocycles. The summed E-state index contributed by atoms with van der Waals surface area (Å²) >= 11 is 0. The van der Waals surface area contributed by atoms with Crippen molar-refractivity contribution in [2.24, 2.45) is 0 Å². The first-order chi connectivity index (χ1) is 13.5. The van der Waals surface area contributed by atoms with E-state index in [4.69, 9.17) is 4.74 Å². The van der Waals surface area contributed by atoms with Gasteiger partial charge in [-0.3, -0.25) is 10.1 Å². The molecule has 0 aromatic heterocycles. The number of carboxylic acid groups (broad SMARTS) is 1. The van der Waals surface area contributed by atoms with Crippen molar-refractivity contribution in [3.8, 4) is 5.75 Å². The topological polar surface area (TPSA) is 78.8 Å². The van der Waals surface area contributed by atoms with Gasteiger partial charge in [-0.2, -0.15) is 0 Å². The zero-order chi connectivity index (χ0) is 20.1. The van der Waals surface area contributed by atoms with Crippen molar-refractivity contribution in [3.63, 3.8) is 0 Å². The monoisotopic (exact) mass is 379 g/mol. The summed E-state index contributed by atoms with van der Waals surface area (Å²) in [7, 11) is 0. The van der Waals surface area contributed by atoms with Crippen molar-refractivity contribution >= 4 is 16.7 Å². The maximum Gasteiger partial charge on any atom is 0.325 e. The van der Waals surface area contributed by atoms with Gasteiger partial charge in [-0.25, -0.2) is 0 Å². The zero-order valence-electron chi connectivity index (χ0n) is 16.1. The summed E-state index contributed by atoms with van der Waals surface area (Å²) in [5.41, 5.74) is 2.67. The molecule has 0 amide bonds. The van der Waals surface area contributed by atoms with E-state index in [-0.39, 0.29) is 13.2 Å². The summed E-state index contributed by atoms with van der Waals surface area (Å²) in [5.74, 6) is -0.232. The number of hydrogen-bond acceptors (Lipinski definition) is 4. The van der Waals surface area contributed by atoms with Crippen LogP contribution in [0.15, 0.2) is 60.7 Å². The Kier molecular flexibility index (Phi) is 6.29. The Bertz CT molecular complexity index is 944. The third kappa shape index (κ3) is 4.50. The number of rotatable bonds is 8. The lowest BCUT2D eigenvalue weighted by molar-refractivity contribution is -0.139. The predicted octanol–water partition coefficient (Wildman–Crippen LogP) is 3.61. The first-order valence-corrected chi connectivity index (χ1v) is 9.28. The SMILES string of the molecule is Cc1cccc(C)c1OCC(O)CNC(C(=O)O)c1cccc2ccccc12. The second-order valence-corrected chi connectivity index (χ2v) is 6.93. The number of para-hydroxylation sites is 1. The molecule has 0 aliphatic carbocycles. The number of aliphatic hydroxyl groups is 1. The van der Waals surface area contributed by atoms with Gasteiger partial charge in [0.25, 0.3) is 0 Å². The van der Waals surface area contributed by atoms with Crippen molar-refractivity contribution < 1.29 is 19.7 Å². The molecule has 3 rings (SSSR count). The molecule has 3 N–H and O–H groups in total. The van der Waals surface area contributed by atoms with Crippen LogP contribution in [0.1, 0.15) is 22.7 Å². The molecule has 0 fully saturated rings. The van der Waals surface area contributed by atoms with Crippen LogP contribution in [0.25, 0.3) is 10.8 Å². The Morgan fingerprint density at radius 3 is 2.36 bits per heavy atom. The van der Waals surface area contributed by atoms with E-state index < -0.39 is 18.1 Å². The molecular weight excluding hydrogens is 354 g/mol. The highest BCUT2D eigenvalue weighted by Crippen LogP contribution is 2.25.